The van der Waals surface area contributed by atoms with Gasteiger partial charge in [0.1, 0.15) is 17.1 Å². The predicted molar refractivity (Wildman–Crippen MR) is 218 cm³/mol. The number of pyridine rings is 2. The van der Waals surface area contributed by atoms with Gasteiger partial charge in [-0.2, -0.15) is 0 Å². The average Bonchev–Trinajstić information content (AvgIpc) is 3.78. The monoisotopic (exact) mass is 1120 g/mol. The molecule has 0 fully saturated rings. The van der Waals surface area contributed by atoms with Crippen molar-refractivity contribution in [1.82, 2.24) is 14.5 Å². The number of nitrogens with zero attached hydrogens (tertiary/aromatic N) is 4. The first-order valence-electron chi connectivity index (χ1n) is 17.8. The third-order valence-electron chi connectivity index (χ3n) is 9.42. The Morgan fingerprint density at radius 1 is 0.754 bits per heavy atom. The van der Waals surface area contributed by atoms with Crippen molar-refractivity contribution in [1.29, 1.82) is 0 Å². The number of aryl methyl sites for hydroxylation is 1. The van der Waals surface area contributed by atoms with Crippen LogP contribution in [0.4, 0.5) is 5.82 Å². The van der Waals surface area contributed by atoms with Gasteiger partial charge in [-0.15, -0.1) is 36.4 Å². The number of carbonyl (C=O) groups is 2. The number of hydrogen-bond donors (Lipinski definition) is 2. The van der Waals surface area contributed by atoms with E-state index in [0.717, 1.165) is 66.8 Å². The van der Waals surface area contributed by atoms with Crippen LogP contribution in [0.25, 0.3) is 66.4 Å². The van der Waals surface area contributed by atoms with Gasteiger partial charge in [0.2, 0.25) is 0 Å². The maximum Gasteiger partial charge on any atom is 0.317 e. The Labute approximate surface area is 359 Å². The molecule has 0 saturated carbocycles. The zero-order valence-electron chi connectivity index (χ0n) is 32.0. The van der Waals surface area contributed by atoms with E-state index in [-0.39, 0.29) is 71.1 Å². The number of rotatable bonds is 4. The summed E-state index contributed by atoms with van der Waals surface area (Å²) in [4.78, 5) is 30.3. The Morgan fingerprint density at radius 3 is 1.91 bits per heavy atom. The van der Waals surface area contributed by atoms with Gasteiger partial charge < -0.3 is 19.2 Å². The Hall–Kier alpha value is -5.49. The number of hydrogen-bond acceptors (Lipinski definition) is 7. The molecule has 2 aliphatic rings. The maximum atomic E-state index is 10.0. The molecule has 1 aliphatic heterocycles. The fraction of sp³-hybridized carbons (Fsp3) is 0.152. The second kappa shape index (κ2) is 17.8. The standard InChI is InChI=1S/C36H23N4O.2C5H8O2.2Pt/c1-39-31-15-5-3-9-21(31)25-17-19-29(37-35(25)39)27-13-7-11-23-24-12-8-14-28(34(24)41-33(23)27)30-20-18-26-22-10-4-6-16-32(22)40(2)36(26)38-30;2*1-4(6)3-5(2)7;;/h3-12,15-21H,1-2H3;2*3,6H,1-2H3;;/q-1;;;;/b;2*4-3-;;. The second-order valence-electron chi connectivity index (χ2n) is 13.5. The molecule has 9 rings (SSSR count). The quantitative estimate of drug-likeness (QED) is 0.0780. The van der Waals surface area contributed by atoms with E-state index < -0.39 is 0 Å². The van der Waals surface area contributed by atoms with Crippen LogP contribution < -0.4 is 0 Å². The van der Waals surface area contributed by atoms with Crippen molar-refractivity contribution < 1.29 is 70.9 Å². The van der Waals surface area contributed by atoms with Gasteiger partial charge >= 0.3 is 5.82 Å². The Bertz CT molecular complexity index is 2820. The molecule has 1 aliphatic carbocycles. The van der Waals surface area contributed by atoms with Crippen LogP contribution in [-0.2, 0) is 58.8 Å². The molecule has 11 heteroatoms. The van der Waals surface area contributed by atoms with E-state index in [1.165, 1.54) is 56.5 Å². The fourth-order valence-electron chi connectivity index (χ4n) is 7.18. The van der Waals surface area contributed by atoms with Crippen molar-refractivity contribution in [3.63, 3.8) is 0 Å². The molecule has 4 aromatic heterocycles. The summed E-state index contributed by atoms with van der Waals surface area (Å²) in [6.45, 7) is 5.70. The molecule has 7 aromatic rings. The Balaban J connectivity index is 0.000000336. The van der Waals surface area contributed by atoms with Crippen LogP contribution in [0.5, 0.6) is 0 Å². The summed E-state index contributed by atoms with van der Waals surface area (Å²) in [5, 5.41) is 21.1. The summed E-state index contributed by atoms with van der Waals surface area (Å²) >= 11 is 0. The summed E-state index contributed by atoms with van der Waals surface area (Å²) in [5.74, 6) is 1.10. The fourth-order valence-corrected chi connectivity index (χ4v) is 7.18. The number of benzene rings is 3. The van der Waals surface area contributed by atoms with Crippen LogP contribution in [0.3, 0.4) is 0 Å². The third kappa shape index (κ3) is 8.46. The summed E-state index contributed by atoms with van der Waals surface area (Å²) in [7, 11) is 4.15. The molecular formula is C46H39N4O5Pt2-. The number of ketones is 2. The van der Waals surface area contributed by atoms with E-state index >= 15 is 0 Å². The number of aliphatic hydroxyl groups excluding tert-OH is 2. The molecular weight excluding hydrogens is 1080 g/mol. The van der Waals surface area contributed by atoms with Gasteiger partial charge in [-0.1, -0.05) is 87.6 Å². The van der Waals surface area contributed by atoms with Gasteiger partial charge in [-0.05, 0) is 45.5 Å². The molecule has 1 unspecified atom stereocenters. The first-order valence-corrected chi connectivity index (χ1v) is 17.8. The average molecular weight is 1120 g/mol. The zero-order valence-corrected chi connectivity index (χ0v) is 36.6. The first-order chi connectivity index (χ1) is 26.4. The van der Waals surface area contributed by atoms with Gasteiger partial charge in [-0.3, -0.25) is 14.6 Å². The molecule has 294 valence electrons. The minimum Gasteiger partial charge on any atom is -0.545 e. The smallest absolute Gasteiger partial charge is 0.317 e. The van der Waals surface area contributed by atoms with E-state index in [2.05, 4.69) is 120 Å². The molecule has 3 aromatic carbocycles. The second-order valence-corrected chi connectivity index (χ2v) is 13.5. The van der Waals surface area contributed by atoms with Gasteiger partial charge in [0.25, 0.3) is 0 Å². The van der Waals surface area contributed by atoms with E-state index in [1.807, 2.05) is 12.1 Å². The van der Waals surface area contributed by atoms with Crippen LogP contribution in [0.2, 0.25) is 0 Å². The van der Waals surface area contributed by atoms with Crippen LogP contribution in [0.1, 0.15) is 39.2 Å². The van der Waals surface area contributed by atoms with Gasteiger partial charge in [-0.25, -0.2) is 4.58 Å². The SMILES string of the molecule is CC(=O)/C=C(/C)O.CC(=O)/C=C(/C)O.Cn1c2ccccc2c2ccc(-c3[c-]ccc4c3oc3c(-c5ccc6c(n5)[N+](C)=C5C=CC=CC56)[c-]ccc34)nc21.[Pt].[Pt]. The van der Waals surface area contributed by atoms with Gasteiger partial charge in [0, 0.05) is 83.3 Å². The van der Waals surface area contributed by atoms with Crippen molar-refractivity contribution in [2.45, 2.75) is 33.6 Å². The molecule has 0 bridgehead atoms. The number of allylic oxidation sites excluding steroid dienone is 8. The van der Waals surface area contributed by atoms with Crippen molar-refractivity contribution in [2.24, 2.45) is 7.05 Å². The van der Waals surface area contributed by atoms with Gasteiger partial charge in [0.15, 0.2) is 11.6 Å². The van der Waals surface area contributed by atoms with E-state index in [0.29, 0.717) is 0 Å². The largest absolute Gasteiger partial charge is 0.545 e. The van der Waals surface area contributed by atoms with Crippen molar-refractivity contribution in [3.05, 3.63) is 138 Å². The van der Waals surface area contributed by atoms with E-state index in [1.54, 1.807) is 0 Å². The van der Waals surface area contributed by atoms with Crippen LogP contribution in [-0.4, -0.2) is 53.6 Å². The number of aliphatic hydroxyl groups is 2. The minimum absolute atomic E-state index is 0. The zero-order chi connectivity index (χ0) is 39.0. The first kappa shape index (κ1) is 42.6. The van der Waals surface area contributed by atoms with Crippen LogP contribution in [0, 0.1) is 12.1 Å². The molecule has 0 saturated heterocycles. The number of fused-ring (bicyclic) bond motifs is 9. The summed E-state index contributed by atoms with van der Waals surface area (Å²) in [5.41, 5.74) is 9.47. The molecule has 1 atom stereocenters. The summed E-state index contributed by atoms with van der Waals surface area (Å²) in [6, 6.07) is 31.8. The van der Waals surface area contributed by atoms with Crippen LogP contribution >= 0.6 is 0 Å². The third-order valence-corrected chi connectivity index (χ3v) is 9.42. The molecule has 0 radical (unpaired) electrons. The van der Waals surface area contributed by atoms with Crippen molar-refractivity contribution in [3.8, 4) is 22.5 Å². The molecule has 0 spiro atoms. The van der Waals surface area contributed by atoms with Crippen molar-refractivity contribution in [2.75, 3.05) is 7.05 Å². The predicted octanol–water partition coefficient (Wildman–Crippen LogP) is 9.96. The molecule has 57 heavy (non-hydrogen) atoms. The molecule has 9 nitrogen and oxygen atoms in total. The van der Waals surface area contributed by atoms with Crippen LogP contribution in [0.15, 0.2) is 125 Å². The summed E-state index contributed by atoms with van der Waals surface area (Å²) < 4.78 is 11.0. The number of aromatic nitrogens is 3. The number of furan rings is 1. The van der Waals surface area contributed by atoms with Gasteiger partial charge in [0.05, 0.1) is 35.6 Å². The maximum absolute atomic E-state index is 10.0. The number of para-hydroxylation sites is 1. The molecule has 2 N–H and O–H groups in total. The van der Waals surface area contributed by atoms with Crippen molar-refractivity contribution >= 4 is 67.0 Å². The molecule has 0 amide bonds. The Kier molecular flexibility index (Phi) is 13.3. The van der Waals surface area contributed by atoms with E-state index in [9.17, 15) is 9.59 Å². The normalized spacial score (nSPS) is 14.3. The number of carbonyl (C=O) groups excluding carboxylic acids is 2. The molecule has 5 heterocycles. The Morgan fingerprint density at radius 2 is 1.33 bits per heavy atom. The topological polar surface area (TPSA) is 121 Å². The summed E-state index contributed by atoms with van der Waals surface area (Å²) in [6.07, 6.45) is 10.9. The minimum atomic E-state index is -0.125. The van der Waals surface area contributed by atoms with E-state index in [4.69, 9.17) is 24.6 Å².